The van der Waals surface area contributed by atoms with Crippen molar-refractivity contribution in [3.8, 4) is 0 Å². The van der Waals surface area contributed by atoms with Gasteiger partial charge in [0.2, 0.25) is 0 Å². The van der Waals surface area contributed by atoms with Crippen LogP contribution in [0.15, 0.2) is 46.6 Å². The molecular formula is C26H30N4O2. The van der Waals surface area contributed by atoms with E-state index >= 15 is 0 Å². The fourth-order valence-electron chi connectivity index (χ4n) is 4.65. The van der Waals surface area contributed by atoms with Gasteiger partial charge in [-0.3, -0.25) is 9.59 Å². The molecule has 0 spiro atoms. The molecule has 2 aliphatic heterocycles. The SMILES string of the molecule is CC1=NN(c2ccc(C)c(C)c2)C(=O)C1C(C)C1C(=O)N(c2ccc(C)c(C)c2)N=C1C. The standard InChI is InChI=1S/C26H30N4O2/c1-14-8-10-21(12-16(14)3)29-25(31)23(19(6)27-29)18(5)24-20(7)28-30(26(24)32)22-11-9-15(2)17(4)13-22/h8-13,18,23-24H,1-7H3. The Kier molecular flexibility index (Phi) is 5.49. The Morgan fingerprint density at radius 2 is 1.03 bits per heavy atom. The number of anilines is 2. The molecule has 0 aromatic heterocycles. The molecule has 0 saturated carbocycles. The van der Waals surface area contributed by atoms with Crippen molar-refractivity contribution in [2.45, 2.75) is 48.5 Å². The van der Waals surface area contributed by atoms with Gasteiger partial charge in [0.15, 0.2) is 0 Å². The zero-order chi connectivity index (χ0) is 23.3. The quantitative estimate of drug-likeness (QED) is 0.690. The lowest BCUT2D eigenvalue weighted by Crippen LogP contribution is -2.40. The summed E-state index contributed by atoms with van der Waals surface area (Å²) >= 11 is 0. The number of hydrogen-bond acceptors (Lipinski definition) is 4. The molecule has 6 heteroatoms. The lowest BCUT2D eigenvalue weighted by atomic mass is 9.78. The molecule has 166 valence electrons. The maximum Gasteiger partial charge on any atom is 0.256 e. The van der Waals surface area contributed by atoms with Crippen molar-refractivity contribution in [2.24, 2.45) is 28.0 Å². The van der Waals surface area contributed by atoms with Crippen LogP contribution in [0.1, 0.15) is 43.0 Å². The van der Waals surface area contributed by atoms with E-state index in [1.807, 2.05) is 84.9 Å². The summed E-state index contributed by atoms with van der Waals surface area (Å²) in [4.78, 5) is 26.8. The van der Waals surface area contributed by atoms with Gasteiger partial charge in [-0.2, -0.15) is 10.2 Å². The Labute approximate surface area is 189 Å². The van der Waals surface area contributed by atoms with Gasteiger partial charge in [0.05, 0.1) is 23.2 Å². The molecule has 2 aromatic carbocycles. The molecule has 0 aliphatic carbocycles. The van der Waals surface area contributed by atoms with E-state index in [9.17, 15) is 9.59 Å². The maximum absolute atomic E-state index is 13.4. The van der Waals surface area contributed by atoms with Crippen LogP contribution in [0, 0.1) is 45.4 Å². The Hall–Kier alpha value is -3.28. The lowest BCUT2D eigenvalue weighted by molar-refractivity contribution is -0.123. The van der Waals surface area contributed by atoms with Gasteiger partial charge in [0.1, 0.15) is 0 Å². The monoisotopic (exact) mass is 430 g/mol. The van der Waals surface area contributed by atoms with Crippen LogP contribution in [-0.2, 0) is 9.59 Å². The van der Waals surface area contributed by atoms with Crippen molar-refractivity contribution < 1.29 is 9.59 Å². The van der Waals surface area contributed by atoms with Crippen LogP contribution >= 0.6 is 0 Å². The molecule has 6 nitrogen and oxygen atoms in total. The molecule has 0 radical (unpaired) electrons. The predicted molar refractivity (Wildman–Crippen MR) is 129 cm³/mol. The zero-order valence-electron chi connectivity index (χ0n) is 19.8. The summed E-state index contributed by atoms with van der Waals surface area (Å²) < 4.78 is 0. The predicted octanol–water partition coefficient (Wildman–Crippen LogP) is 4.93. The van der Waals surface area contributed by atoms with Gasteiger partial charge in [0, 0.05) is 11.4 Å². The number of benzene rings is 2. The van der Waals surface area contributed by atoms with E-state index in [0.717, 1.165) is 33.9 Å². The molecule has 0 saturated heterocycles. The minimum Gasteiger partial charge on any atom is -0.272 e. The van der Waals surface area contributed by atoms with E-state index in [1.54, 1.807) is 0 Å². The topological polar surface area (TPSA) is 65.3 Å². The second kappa shape index (κ2) is 8.01. The summed E-state index contributed by atoms with van der Waals surface area (Å²) in [7, 11) is 0. The Balaban J connectivity index is 1.59. The molecular weight excluding hydrogens is 400 g/mol. The minimum absolute atomic E-state index is 0.0940. The van der Waals surface area contributed by atoms with E-state index in [0.29, 0.717) is 0 Å². The van der Waals surface area contributed by atoms with Gasteiger partial charge in [-0.25, -0.2) is 10.0 Å². The summed E-state index contributed by atoms with van der Waals surface area (Å²) in [5.74, 6) is -1.37. The first kappa shape index (κ1) is 21.9. The highest BCUT2D eigenvalue weighted by Crippen LogP contribution is 2.37. The molecule has 0 N–H and O–H groups in total. The Morgan fingerprint density at radius 3 is 1.38 bits per heavy atom. The third-order valence-corrected chi connectivity index (χ3v) is 6.89. The molecule has 0 bridgehead atoms. The summed E-state index contributed by atoms with van der Waals surface area (Å²) in [6, 6.07) is 11.8. The number of hydrogen-bond donors (Lipinski definition) is 0. The van der Waals surface area contributed by atoms with E-state index in [2.05, 4.69) is 10.2 Å². The van der Waals surface area contributed by atoms with Gasteiger partial charge >= 0.3 is 0 Å². The van der Waals surface area contributed by atoms with Crippen molar-refractivity contribution in [2.75, 3.05) is 10.0 Å². The van der Waals surface area contributed by atoms with Crippen molar-refractivity contribution in [1.29, 1.82) is 0 Å². The second-order valence-corrected chi connectivity index (χ2v) is 9.13. The number of hydrazone groups is 2. The minimum atomic E-state index is -0.463. The second-order valence-electron chi connectivity index (χ2n) is 9.13. The van der Waals surface area contributed by atoms with Crippen LogP contribution in [0.2, 0.25) is 0 Å². The number of amides is 2. The first-order chi connectivity index (χ1) is 15.1. The van der Waals surface area contributed by atoms with Crippen LogP contribution in [0.25, 0.3) is 0 Å². The average molecular weight is 431 g/mol. The van der Waals surface area contributed by atoms with Crippen molar-refractivity contribution in [1.82, 2.24) is 0 Å². The molecule has 4 rings (SSSR count). The van der Waals surface area contributed by atoms with E-state index < -0.39 is 11.8 Å². The Bertz CT molecular complexity index is 1090. The third kappa shape index (κ3) is 3.53. The first-order valence-electron chi connectivity index (χ1n) is 11.0. The van der Waals surface area contributed by atoms with E-state index in [1.165, 1.54) is 21.1 Å². The molecule has 2 unspecified atom stereocenters. The Morgan fingerprint density at radius 1 is 0.656 bits per heavy atom. The van der Waals surface area contributed by atoms with Crippen molar-refractivity contribution in [3.63, 3.8) is 0 Å². The van der Waals surface area contributed by atoms with E-state index in [4.69, 9.17) is 0 Å². The third-order valence-electron chi connectivity index (χ3n) is 6.89. The zero-order valence-corrected chi connectivity index (χ0v) is 19.8. The number of carbonyl (C=O) groups is 2. The highest BCUT2D eigenvalue weighted by Gasteiger charge is 2.47. The highest BCUT2D eigenvalue weighted by molar-refractivity contribution is 6.18. The molecule has 2 heterocycles. The van der Waals surface area contributed by atoms with Crippen LogP contribution in [0.3, 0.4) is 0 Å². The summed E-state index contributed by atoms with van der Waals surface area (Å²) in [5, 5.41) is 12.1. The van der Waals surface area contributed by atoms with Gasteiger partial charge in [-0.1, -0.05) is 19.1 Å². The van der Waals surface area contributed by atoms with Gasteiger partial charge in [-0.05, 0) is 94.0 Å². The molecule has 2 aromatic rings. The smallest absolute Gasteiger partial charge is 0.256 e. The molecule has 2 atom stereocenters. The van der Waals surface area contributed by atoms with Gasteiger partial charge in [0.25, 0.3) is 11.8 Å². The van der Waals surface area contributed by atoms with Crippen LogP contribution in [-0.4, -0.2) is 23.2 Å². The average Bonchev–Trinajstić information content (AvgIpc) is 3.20. The van der Waals surface area contributed by atoms with Gasteiger partial charge in [-0.15, -0.1) is 0 Å². The summed E-state index contributed by atoms with van der Waals surface area (Å²) in [6.07, 6.45) is 0. The molecule has 32 heavy (non-hydrogen) atoms. The molecule has 2 amide bonds. The molecule has 0 fully saturated rings. The van der Waals surface area contributed by atoms with Crippen LogP contribution in [0.4, 0.5) is 11.4 Å². The van der Waals surface area contributed by atoms with Crippen LogP contribution in [0.5, 0.6) is 0 Å². The normalized spacial score (nSPS) is 21.8. The lowest BCUT2D eigenvalue weighted by Gasteiger charge is -2.25. The molecule has 2 aliphatic rings. The van der Waals surface area contributed by atoms with Gasteiger partial charge < -0.3 is 0 Å². The number of nitrogens with zero attached hydrogens (tertiary/aromatic N) is 4. The number of carbonyl (C=O) groups excluding carboxylic acids is 2. The van der Waals surface area contributed by atoms with E-state index in [-0.39, 0.29) is 17.7 Å². The summed E-state index contributed by atoms with van der Waals surface area (Å²) in [6.45, 7) is 13.8. The van der Waals surface area contributed by atoms with Crippen molar-refractivity contribution >= 4 is 34.6 Å². The number of aryl methyl sites for hydroxylation is 4. The fraction of sp³-hybridized carbons (Fsp3) is 0.385. The van der Waals surface area contributed by atoms with Crippen molar-refractivity contribution in [3.05, 3.63) is 58.7 Å². The largest absolute Gasteiger partial charge is 0.272 e. The first-order valence-corrected chi connectivity index (χ1v) is 11.0. The maximum atomic E-state index is 13.4. The summed E-state index contributed by atoms with van der Waals surface area (Å²) in [5.41, 5.74) is 7.52. The number of rotatable bonds is 4. The highest BCUT2D eigenvalue weighted by atomic mass is 16.2. The fourth-order valence-corrected chi connectivity index (χ4v) is 4.65. The van der Waals surface area contributed by atoms with Crippen LogP contribution < -0.4 is 10.0 Å².